The molecule has 2 aromatic heterocycles. The Balaban J connectivity index is 1.44. The van der Waals surface area contributed by atoms with E-state index in [9.17, 15) is 9.50 Å². The second-order valence-corrected chi connectivity index (χ2v) is 7.17. The molecule has 1 aliphatic rings. The molecule has 1 atom stereocenters. The monoisotopic (exact) mass is 374 g/mol. The van der Waals surface area contributed by atoms with Gasteiger partial charge in [0.25, 0.3) is 0 Å². The summed E-state index contributed by atoms with van der Waals surface area (Å²) in [5.41, 5.74) is 4.84. The number of benzene rings is 2. The van der Waals surface area contributed by atoms with Crippen molar-refractivity contribution in [3.63, 3.8) is 0 Å². The molecule has 28 heavy (non-hydrogen) atoms. The second kappa shape index (κ2) is 6.51. The van der Waals surface area contributed by atoms with Crippen LogP contribution < -0.4 is 0 Å². The zero-order valence-corrected chi connectivity index (χ0v) is 15.4. The van der Waals surface area contributed by atoms with Crippen molar-refractivity contribution in [1.82, 2.24) is 19.7 Å². The summed E-state index contributed by atoms with van der Waals surface area (Å²) in [6.45, 7) is 0.828. The lowest BCUT2D eigenvalue weighted by molar-refractivity contribution is 0.00695. The van der Waals surface area contributed by atoms with Crippen LogP contribution >= 0.6 is 0 Å². The van der Waals surface area contributed by atoms with Gasteiger partial charge in [-0.15, -0.1) is 0 Å². The lowest BCUT2D eigenvalue weighted by atomic mass is 10.00. The normalized spacial score (nSPS) is 16.6. The van der Waals surface area contributed by atoms with Gasteiger partial charge in [-0.1, -0.05) is 30.3 Å². The summed E-state index contributed by atoms with van der Waals surface area (Å²) in [5, 5.41) is 15.9. The third-order valence-electron chi connectivity index (χ3n) is 5.30. The maximum atomic E-state index is 14.9. The maximum Gasteiger partial charge on any atom is 0.136 e. The number of rotatable bonds is 3. The largest absolute Gasteiger partial charge is 0.374 e. The van der Waals surface area contributed by atoms with E-state index in [1.165, 1.54) is 0 Å². The Morgan fingerprint density at radius 3 is 2.89 bits per heavy atom. The molecule has 2 aromatic carbocycles. The van der Waals surface area contributed by atoms with E-state index in [1.807, 2.05) is 48.5 Å². The van der Waals surface area contributed by atoms with E-state index >= 15 is 0 Å². The van der Waals surface area contributed by atoms with Gasteiger partial charge in [0.1, 0.15) is 12.0 Å². The predicted molar refractivity (Wildman–Crippen MR) is 105 cm³/mol. The molecule has 4 aromatic rings. The fourth-order valence-corrected chi connectivity index (χ4v) is 3.91. The number of pyridine rings is 1. The summed E-state index contributed by atoms with van der Waals surface area (Å²) in [7, 11) is 1.88. The van der Waals surface area contributed by atoms with Crippen LogP contribution in [-0.2, 0) is 20.1 Å². The SMILES string of the molecule is Cn1cc2c(-c3ccc(CN4Cc5ncccc5C4O)c(F)c3)cccc2n1. The van der Waals surface area contributed by atoms with Crippen molar-refractivity contribution >= 4 is 10.9 Å². The molecule has 1 aliphatic heterocycles. The van der Waals surface area contributed by atoms with Gasteiger partial charge >= 0.3 is 0 Å². The summed E-state index contributed by atoms with van der Waals surface area (Å²) in [4.78, 5) is 6.12. The third-order valence-corrected chi connectivity index (χ3v) is 5.30. The molecule has 0 radical (unpaired) electrons. The Hall–Kier alpha value is -3.09. The summed E-state index contributed by atoms with van der Waals surface area (Å²) in [6, 6.07) is 14.8. The number of aryl methyl sites for hydroxylation is 1. The van der Waals surface area contributed by atoms with Crippen molar-refractivity contribution < 1.29 is 9.50 Å². The van der Waals surface area contributed by atoms with Gasteiger partial charge in [0.05, 0.1) is 11.2 Å². The Bertz CT molecular complexity index is 1190. The van der Waals surface area contributed by atoms with Gasteiger partial charge in [-0.05, 0) is 29.3 Å². The van der Waals surface area contributed by atoms with Crippen LogP contribution in [0, 0.1) is 5.82 Å². The molecule has 3 heterocycles. The first-order valence-electron chi connectivity index (χ1n) is 9.17. The minimum Gasteiger partial charge on any atom is -0.374 e. The van der Waals surface area contributed by atoms with Gasteiger partial charge in [0.15, 0.2) is 0 Å². The molecule has 0 spiro atoms. The highest BCUT2D eigenvalue weighted by Gasteiger charge is 2.29. The molecule has 0 saturated heterocycles. The molecular weight excluding hydrogens is 355 g/mol. The Morgan fingerprint density at radius 2 is 2.07 bits per heavy atom. The number of nitrogens with zero attached hydrogens (tertiary/aromatic N) is 4. The highest BCUT2D eigenvalue weighted by molar-refractivity contribution is 5.94. The lowest BCUT2D eigenvalue weighted by Crippen LogP contribution is -2.22. The molecule has 0 amide bonds. The first kappa shape index (κ1) is 17.0. The highest BCUT2D eigenvalue weighted by atomic mass is 19.1. The van der Waals surface area contributed by atoms with E-state index in [2.05, 4.69) is 10.1 Å². The van der Waals surface area contributed by atoms with Crippen LogP contribution in [0.5, 0.6) is 0 Å². The van der Waals surface area contributed by atoms with E-state index in [-0.39, 0.29) is 5.82 Å². The van der Waals surface area contributed by atoms with Crippen LogP contribution in [0.4, 0.5) is 4.39 Å². The predicted octanol–water partition coefficient (Wildman–Crippen LogP) is 3.78. The first-order valence-corrected chi connectivity index (χ1v) is 9.17. The number of aliphatic hydroxyl groups excluding tert-OH is 1. The molecule has 0 aliphatic carbocycles. The molecule has 1 N–H and O–H groups in total. The van der Waals surface area contributed by atoms with Gasteiger partial charge in [0, 0.05) is 49.0 Å². The number of halogens is 1. The van der Waals surface area contributed by atoms with E-state index in [4.69, 9.17) is 0 Å². The topological polar surface area (TPSA) is 54.2 Å². The fraction of sp³-hybridized carbons (Fsp3) is 0.182. The molecule has 5 rings (SSSR count). The van der Waals surface area contributed by atoms with Crippen LogP contribution in [0.1, 0.15) is 23.0 Å². The maximum absolute atomic E-state index is 14.9. The van der Waals surface area contributed by atoms with Crippen LogP contribution in [0.3, 0.4) is 0 Å². The molecule has 0 saturated carbocycles. The minimum absolute atomic E-state index is 0.283. The summed E-state index contributed by atoms with van der Waals surface area (Å²) in [5.74, 6) is -0.283. The van der Waals surface area contributed by atoms with E-state index in [1.54, 1.807) is 29.1 Å². The van der Waals surface area contributed by atoms with Crippen molar-refractivity contribution in [3.05, 3.63) is 83.6 Å². The standard InChI is InChI=1S/C22H19FN4O/c1-26-12-18-16(4-2-6-20(18)25-26)14-7-8-15(19(23)10-14)11-27-13-21-17(22(27)28)5-3-9-24-21/h2-10,12,22,28H,11,13H2,1H3. The molecule has 0 fully saturated rings. The number of fused-ring (bicyclic) bond motifs is 2. The Morgan fingerprint density at radius 1 is 1.18 bits per heavy atom. The zero-order valence-electron chi connectivity index (χ0n) is 15.4. The van der Waals surface area contributed by atoms with Crippen molar-refractivity contribution in [2.24, 2.45) is 7.05 Å². The van der Waals surface area contributed by atoms with Crippen LogP contribution in [-0.4, -0.2) is 24.8 Å². The summed E-state index contributed by atoms with van der Waals surface area (Å²) < 4.78 is 16.7. The van der Waals surface area contributed by atoms with Crippen LogP contribution in [0.15, 0.2) is 60.9 Å². The molecule has 140 valence electrons. The van der Waals surface area contributed by atoms with E-state index in [0.717, 1.165) is 33.3 Å². The smallest absolute Gasteiger partial charge is 0.136 e. The lowest BCUT2D eigenvalue weighted by Gasteiger charge is -2.20. The van der Waals surface area contributed by atoms with Gasteiger partial charge in [-0.2, -0.15) is 5.10 Å². The molecule has 0 bridgehead atoms. The molecule has 5 nitrogen and oxygen atoms in total. The highest BCUT2D eigenvalue weighted by Crippen LogP contribution is 2.33. The quantitative estimate of drug-likeness (QED) is 0.593. The van der Waals surface area contributed by atoms with Crippen molar-refractivity contribution in [2.75, 3.05) is 0 Å². The number of aliphatic hydroxyl groups is 1. The minimum atomic E-state index is -0.757. The van der Waals surface area contributed by atoms with E-state index in [0.29, 0.717) is 18.7 Å². The third kappa shape index (κ3) is 2.78. The van der Waals surface area contributed by atoms with Gasteiger partial charge < -0.3 is 5.11 Å². The number of hydrogen-bond acceptors (Lipinski definition) is 4. The second-order valence-electron chi connectivity index (χ2n) is 7.17. The average Bonchev–Trinajstić information content (AvgIpc) is 3.22. The average molecular weight is 374 g/mol. The summed E-state index contributed by atoms with van der Waals surface area (Å²) >= 11 is 0. The molecule has 1 unspecified atom stereocenters. The van der Waals surface area contributed by atoms with Gasteiger partial charge in [-0.25, -0.2) is 4.39 Å². The number of aromatic nitrogens is 3. The van der Waals surface area contributed by atoms with Crippen molar-refractivity contribution in [3.8, 4) is 11.1 Å². The van der Waals surface area contributed by atoms with E-state index < -0.39 is 6.23 Å². The molecular formula is C22H19FN4O. The summed E-state index contributed by atoms with van der Waals surface area (Å²) in [6.07, 6.45) is 2.90. The Labute approximate surface area is 161 Å². The zero-order chi connectivity index (χ0) is 19.3. The fourth-order valence-electron chi connectivity index (χ4n) is 3.91. The van der Waals surface area contributed by atoms with Crippen molar-refractivity contribution in [1.29, 1.82) is 0 Å². The first-order chi connectivity index (χ1) is 13.6. The van der Waals surface area contributed by atoms with Gasteiger partial charge in [0.2, 0.25) is 0 Å². The van der Waals surface area contributed by atoms with Crippen LogP contribution in [0.2, 0.25) is 0 Å². The Kier molecular flexibility index (Phi) is 3.96. The van der Waals surface area contributed by atoms with Gasteiger partial charge in [-0.3, -0.25) is 14.6 Å². The number of hydrogen-bond donors (Lipinski definition) is 1. The molecule has 6 heteroatoms. The van der Waals surface area contributed by atoms with Crippen molar-refractivity contribution in [2.45, 2.75) is 19.3 Å². The van der Waals surface area contributed by atoms with Crippen LogP contribution in [0.25, 0.3) is 22.0 Å².